The van der Waals surface area contributed by atoms with E-state index in [0.29, 0.717) is 6.42 Å². The number of nitrogens with one attached hydrogen (secondary N) is 1. The fourth-order valence-electron chi connectivity index (χ4n) is 1.93. The van der Waals surface area contributed by atoms with Crippen molar-refractivity contribution in [3.05, 3.63) is 51.7 Å². The number of thiophene rings is 1. The van der Waals surface area contributed by atoms with Crippen molar-refractivity contribution in [2.75, 3.05) is 5.32 Å². The number of benzene rings is 1. The highest BCUT2D eigenvalue weighted by molar-refractivity contribution is 7.08. The standard InChI is InChI=1S/C15H17NOS/c1-11-3-4-13(12(2)9-11)5-6-15(17)16-14-7-8-18-10-14/h3-4,7-10H,5-6H2,1-2H3,(H,16,17). The Morgan fingerprint density at radius 1 is 1.28 bits per heavy atom. The molecule has 2 aromatic rings. The van der Waals surface area contributed by atoms with Crippen LogP contribution < -0.4 is 5.32 Å². The Balaban J connectivity index is 1.89. The fraction of sp³-hybridized carbons (Fsp3) is 0.267. The van der Waals surface area contributed by atoms with Gasteiger partial charge in [-0.15, -0.1) is 0 Å². The van der Waals surface area contributed by atoms with Crippen molar-refractivity contribution >= 4 is 22.9 Å². The van der Waals surface area contributed by atoms with E-state index >= 15 is 0 Å². The molecule has 3 heteroatoms. The van der Waals surface area contributed by atoms with Crippen LogP contribution in [0.25, 0.3) is 0 Å². The van der Waals surface area contributed by atoms with Crippen LogP contribution in [-0.2, 0) is 11.2 Å². The zero-order valence-electron chi connectivity index (χ0n) is 10.7. The van der Waals surface area contributed by atoms with Crippen molar-refractivity contribution in [2.24, 2.45) is 0 Å². The molecule has 0 saturated heterocycles. The van der Waals surface area contributed by atoms with Crippen molar-refractivity contribution in [1.82, 2.24) is 0 Å². The lowest BCUT2D eigenvalue weighted by atomic mass is 10.0. The molecule has 0 aliphatic rings. The van der Waals surface area contributed by atoms with Gasteiger partial charge in [-0.05, 0) is 42.8 Å². The number of amides is 1. The molecule has 0 fully saturated rings. The van der Waals surface area contributed by atoms with Crippen molar-refractivity contribution in [3.63, 3.8) is 0 Å². The molecule has 1 heterocycles. The second-order valence-electron chi connectivity index (χ2n) is 4.49. The van der Waals surface area contributed by atoms with Crippen LogP contribution in [0.3, 0.4) is 0 Å². The Kier molecular flexibility index (Phi) is 4.15. The lowest BCUT2D eigenvalue weighted by Crippen LogP contribution is -2.12. The highest BCUT2D eigenvalue weighted by Crippen LogP contribution is 2.15. The van der Waals surface area contributed by atoms with E-state index in [9.17, 15) is 4.79 Å². The smallest absolute Gasteiger partial charge is 0.224 e. The normalized spacial score (nSPS) is 10.3. The van der Waals surface area contributed by atoms with Gasteiger partial charge in [0.1, 0.15) is 0 Å². The summed E-state index contributed by atoms with van der Waals surface area (Å²) in [6, 6.07) is 8.29. The zero-order valence-corrected chi connectivity index (χ0v) is 11.5. The number of anilines is 1. The summed E-state index contributed by atoms with van der Waals surface area (Å²) in [4.78, 5) is 11.8. The van der Waals surface area contributed by atoms with Crippen LogP contribution >= 0.6 is 11.3 Å². The van der Waals surface area contributed by atoms with Gasteiger partial charge in [0.2, 0.25) is 5.91 Å². The molecular weight excluding hydrogens is 242 g/mol. The molecule has 0 radical (unpaired) electrons. The van der Waals surface area contributed by atoms with Gasteiger partial charge in [0.15, 0.2) is 0 Å². The Bertz CT molecular complexity index is 531. The van der Waals surface area contributed by atoms with E-state index in [4.69, 9.17) is 0 Å². The third kappa shape index (κ3) is 3.44. The summed E-state index contributed by atoms with van der Waals surface area (Å²) in [5.74, 6) is 0.0772. The maximum atomic E-state index is 11.8. The van der Waals surface area contributed by atoms with E-state index < -0.39 is 0 Å². The predicted molar refractivity (Wildman–Crippen MR) is 77.2 cm³/mol. The first-order valence-electron chi connectivity index (χ1n) is 6.03. The number of aryl methyl sites for hydroxylation is 3. The quantitative estimate of drug-likeness (QED) is 0.885. The Labute approximate surface area is 112 Å². The highest BCUT2D eigenvalue weighted by atomic mass is 32.1. The van der Waals surface area contributed by atoms with Crippen molar-refractivity contribution in [1.29, 1.82) is 0 Å². The van der Waals surface area contributed by atoms with E-state index in [1.807, 2.05) is 16.8 Å². The minimum Gasteiger partial charge on any atom is -0.325 e. The maximum Gasteiger partial charge on any atom is 0.224 e. The summed E-state index contributed by atoms with van der Waals surface area (Å²) in [6.07, 6.45) is 1.32. The summed E-state index contributed by atoms with van der Waals surface area (Å²) in [6.45, 7) is 4.18. The van der Waals surface area contributed by atoms with Crippen LogP contribution in [0.5, 0.6) is 0 Å². The molecule has 18 heavy (non-hydrogen) atoms. The maximum absolute atomic E-state index is 11.8. The SMILES string of the molecule is Cc1ccc(CCC(=O)Nc2ccsc2)c(C)c1. The lowest BCUT2D eigenvalue weighted by molar-refractivity contribution is -0.116. The first kappa shape index (κ1) is 12.8. The first-order valence-corrected chi connectivity index (χ1v) is 6.97. The average molecular weight is 259 g/mol. The highest BCUT2D eigenvalue weighted by Gasteiger charge is 2.05. The molecule has 1 amide bonds. The Hall–Kier alpha value is -1.61. The van der Waals surface area contributed by atoms with Crippen LogP contribution in [0.2, 0.25) is 0 Å². The summed E-state index contributed by atoms with van der Waals surface area (Å²) in [5, 5.41) is 6.79. The topological polar surface area (TPSA) is 29.1 Å². The fourth-order valence-corrected chi connectivity index (χ4v) is 2.52. The lowest BCUT2D eigenvalue weighted by Gasteiger charge is -2.07. The Morgan fingerprint density at radius 2 is 2.11 bits per heavy atom. The van der Waals surface area contributed by atoms with Gasteiger partial charge in [-0.25, -0.2) is 0 Å². The van der Waals surface area contributed by atoms with Gasteiger partial charge in [-0.2, -0.15) is 11.3 Å². The monoisotopic (exact) mass is 259 g/mol. The van der Waals surface area contributed by atoms with Crippen molar-refractivity contribution < 1.29 is 4.79 Å². The molecule has 0 aliphatic carbocycles. The van der Waals surface area contributed by atoms with Crippen molar-refractivity contribution in [3.8, 4) is 0 Å². The molecule has 0 unspecified atom stereocenters. The van der Waals surface area contributed by atoms with E-state index in [1.54, 1.807) is 11.3 Å². The summed E-state index contributed by atoms with van der Waals surface area (Å²) in [7, 11) is 0. The molecule has 2 nitrogen and oxygen atoms in total. The third-order valence-corrected chi connectivity index (χ3v) is 3.61. The molecule has 1 aromatic heterocycles. The summed E-state index contributed by atoms with van der Waals surface area (Å²) >= 11 is 1.59. The van der Waals surface area contributed by atoms with Gasteiger partial charge in [0, 0.05) is 11.8 Å². The molecule has 0 atom stereocenters. The number of carbonyl (C=O) groups is 1. The minimum atomic E-state index is 0.0772. The Morgan fingerprint density at radius 3 is 2.78 bits per heavy atom. The van der Waals surface area contributed by atoms with Gasteiger partial charge in [0.05, 0.1) is 5.69 Å². The van der Waals surface area contributed by atoms with E-state index in [1.165, 1.54) is 16.7 Å². The number of rotatable bonds is 4. The number of carbonyl (C=O) groups excluding carboxylic acids is 1. The minimum absolute atomic E-state index is 0.0772. The molecular formula is C15H17NOS. The van der Waals surface area contributed by atoms with Gasteiger partial charge in [0.25, 0.3) is 0 Å². The average Bonchev–Trinajstić information content (AvgIpc) is 2.80. The van der Waals surface area contributed by atoms with Gasteiger partial charge in [-0.3, -0.25) is 4.79 Å². The van der Waals surface area contributed by atoms with Gasteiger partial charge >= 0.3 is 0 Å². The molecule has 1 aromatic carbocycles. The van der Waals surface area contributed by atoms with Crippen LogP contribution in [0.4, 0.5) is 5.69 Å². The van der Waals surface area contributed by atoms with E-state index in [2.05, 4.69) is 37.4 Å². The van der Waals surface area contributed by atoms with Gasteiger partial charge < -0.3 is 5.32 Å². The molecule has 0 aliphatic heterocycles. The van der Waals surface area contributed by atoms with Crippen LogP contribution in [-0.4, -0.2) is 5.91 Å². The number of hydrogen-bond donors (Lipinski definition) is 1. The van der Waals surface area contributed by atoms with Crippen molar-refractivity contribution in [2.45, 2.75) is 26.7 Å². The van der Waals surface area contributed by atoms with E-state index in [-0.39, 0.29) is 5.91 Å². The predicted octanol–water partition coefficient (Wildman–Crippen LogP) is 3.94. The van der Waals surface area contributed by atoms with Crippen LogP contribution in [0, 0.1) is 13.8 Å². The molecule has 0 saturated carbocycles. The van der Waals surface area contributed by atoms with E-state index in [0.717, 1.165) is 12.1 Å². The van der Waals surface area contributed by atoms with Crippen LogP contribution in [0.15, 0.2) is 35.0 Å². The second-order valence-corrected chi connectivity index (χ2v) is 5.27. The first-order chi connectivity index (χ1) is 8.65. The number of hydrogen-bond acceptors (Lipinski definition) is 2. The summed E-state index contributed by atoms with van der Waals surface area (Å²) in [5.41, 5.74) is 4.67. The van der Waals surface area contributed by atoms with Gasteiger partial charge in [-0.1, -0.05) is 23.8 Å². The molecule has 0 bridgehead atoms. The third-order valence-electron chi connectivity index (χ3n) is 2.92. The zero-order chi connectivity index (χ0) is 13.0. The van der Waals surface area contributed by atoms with Crippen LogP contribution in [0.1, 0.15) is 23.1 Å². The molecule has 1 N–H and O–H groups in total. The summed E-state index contributed by atoms with van der Waals surface area (Å²) < 4.78 is 0. The molecule has 2 rings (SSSR count). The largest absolute Gasteiger partial charge is 0.325 e. The second kappa shape index (κ2) is 5.83. The molecule has 94 valence electrons. The molecule has 0 spiro atoms.